The topological polar surface area (TPSA) is 87.5 Å². The summed E-state index contributed by atoms with van der Waals surface area (Å²) < 4.78 is 1.80. The molecule has 2 fully saturated rings. The van der Waals surface area contributed by atoms with Crippen molar-refractivity contribution in [2.75, 3.05) is 6.61 Å². The maximum Gasteiger partial charge on any atom is 0.250 e. The molecule has 31 heavy (non-hydrogen) atoms. The number of hydrogen-bond acceptors (Lipinski definition) is 5. The van der Waals surface area contributed by atoms with Crippen molar-refractivity contribution in [2.24, 2.45) is 11.8 Å². The summed E-state index contributed by atoms with van der Waals surface area (Å²) in [5.41, 5.74) is 1.89. The molecular formula is C24H30N4O3. The third-order valence-corrected chi connectivity index (χ3v) is 7.39. The number of nitrogens with zero attached hydrogens (tertiary/aromatic N) is 3. The fraction of sp³-hybridized carbons (Fsp3) is 0.542. The van der Waals surface area contributed by atoms with Crippen LogP contribution < -0.4 is 10.9 Å². The van der Waals surface area contributed by atoms with E-state index >= 15 is 0 Å². The number of pyridine rings is 2. The summed E-state index contributed by atoms with van der Waals surface area (Å²) in [6.45, 7) is 1.05. The predicted octanol–water partition coefficient (Wildman–Crippen LogP) is 1.86. The molecular weight excluding hydrogens is 392 g/mol. The minimum absolute atomic E-state index is 0.0133. The second-order valence-corrected chi connectivity index (χ2v) is 9.16. The SMILES string of the molecule is O=C(NC1CCCCC1)[C@@H]1[C@@H](CO)[C@@H]2Cn3c(cccc3=O)[C@H]1N2Cc1cccnc1. The summed E-state index contributed by atoms with van der Waals surface area (Å²) in [4.78, 5) is 32.7. The van der Waals surface area contributed by atoms with Crippen molar-refractivity contribution in [1.29, 1.82) is 0 Å². The second-order valence-electron chi connectivity index (χ2n) is 9.16. The standard InChI is InChI=1S/C24H30N4O3/c29-15-18-20-14-27-19(9-4-10-21(27)30)23(28(20)13-16-6-5-11-25-12-16)22(18)24(31)26-17-7-2-1-3-8-17/h4-6,9-12,17-18,20,22-23,29H,1-3,7-8,13-15H2,(H,26,31)/t18-,20-,22+,23+/m0/s1. The minimum atomic E-state index is -0.385. The van der Waals surface area contributed by atoms with Gasteiger partial charge in [-0.25, -0.2) is 0 Å². The van der Waals surface area contributed by atoms with Gasteiger partial charge in [0.2, 0.25) is 5.91 Å². The van der Waals surface area contributed by atoms with E-state index in [2.05, 4.69) is 15.2 Å². The zero-order chi connectivity index (χ0) is 21.4. The fourth-order valence-corrected chi connectivity index (χ4v) is 5.94. The summed E-state index contributed by atoms with van der Waals surface area (Å²) in [5, 5.41) is 13.7. The van der Waals surface area contributed by atoms with E-state index in [1.807, 2.05) is 24.4 Å². The monoisotopic (exact) mass is 422 g/mol. The zero-order valence-electron chi connectivity index (χ0n) is 17.7. The molecule has 0 radical (unpaired) electrons. The Morgan fingerprint density at radius 1 is 1.16 bits per heavy atom. The van der Waals surface area contributed by atoms with Crippen LogP contribution in [-0.4, -0.2) is 44.2 Å². The average Bonchev–Trinajstić information content (AvgIpc) is 3.00. The van der Waals surface area contributed by atoms with E-state index in [1.165, 1.54) is 6.42 Å². The molecule has 1 amide bonds. The molecule has 2 aromatic heterocycles. The van der Waals surface area contributed by atoms with Gasteiger partial charge in [-0.2, -0.15) is 0 Å². The molecule has 7 nitrogen and oxygen atoms in total. The number of fused-ring (bicyclic) bond motifs is 4. The number of aromatic nitrogens is 2. The molecule has 4 heterocycles. The van der Waals surface area contributed by atoms with Gasteiger partial charge in [-0.15, -0.1) is 0 Å². The Kier molecular flexibility index (Phi) is 5.63. The quantitative estimate of drug-likeness (QED) is 0.768. The lowest BCUT2D eigenvalue weighted by atomic mass is 9.85. The molecule has 5 rings (SSSR count). The largest absolute Gasteiger partial charge is 0.396 e. The summed E-state index contributed by atoms with van der Waals surface area (Å²) in [6, 6.07) is 9.15. The van der Waals surface area contributed by atoms with E-state index in [0.717, 1.165) is 36.9 Å². The molecule has 2 aromatic rings. The molecule has 4 atom stereocenters. The number of aliphatic hydroxyl groups is 1. The molecule has 2 N–H and O–H groups in total. The van der Waals surface area contributed by atoms with Crippen LogP contribution in [0.2, 0.25) is 0 Å². The van der Waals surface area contributed by atoms with Gasteiger partial charge in [-0.1, -0.05) is 31.4 Å². The lowest BCUT2D eigenvalue weighted by Gasteiger charge is -2.38. The lowest BCUT2D eigenvalue weighted by molar-refractivity contribution is -0.128. The zero-order valence-corrected chi connectivity index (χ0v) is 17.7. The van der Waals surface area contributed by atoms with Crippen molar-refractivity contribution in [3.8, 4) is 0 Å². The van der Waals surface area contributed by atoms with Crippen LogP contribution in [0.5, 0.6) is 0 Å². The van der Waals surface area contributed by atoms with Crippen LogP contribution in [0.1, 0.15) is 49.4 Å². The molecule has 1 saturated heterocycles. The fourth-order valence-electron chi connectivity index (χ4n) is 5.94. The highest BCUT2D eigenvalue weighted by molar-refractivity contribution is 5.81. The number of nitrogens with one attached hydrogen (secondary N) is 1. The summed E-state index contributed by atoms with van der Waals surface area (Å²) >= 11 is 0. The van der Waals surface area contributed by atoms with E-state index in [-0.39, 0.29) is 48.0 Å². The smallest absolute Gasteiger partial charge is 0.250 e. The van der Waals surface area contributed by atoms with Crippen molar-refractivity contribution in [2.45, 2.75) is 63.3 Å². The van der Waals surface area contributed by atoms with Crippen molar-refractivity contribution in [3.05, 3.63) is 64.3 Å². The first kappa shape index (κ1) is 20.4. The number of amides is 1. The van der Waals surface area contributed by atoms with Crippen molar-refractivity contribution in [3.63, 3.8) is 0 Å². The van der Waals surface area contributed by atoms with Crippen LogP contribution in [0.25, 0.3) is 0 Å². The first-order chi connectivity index (χ1) is 15.2. The van der Waals surface area contributed by atoms with Crippen molar-refractivity contribution >= 4 is 5.91 Å². The van der Waals surface area contributed by atoms with E-state index in [4.69, 9.17) is 0 Å². The van der Waals surface area contributed by atoms with Gasteiger partial charge < -0.3 is 15.0 Å². The van der Waals surface area contributed by atoms with Crippen LogP contribution >= 0.6 is 0 Å². The first-order valence-electron chi connectivity index (χ1n) is 11.4. The van der Waals surface area contributed by atoms with Gasteiger partial charge in [-0.3, -0.25) is 19.5 Å². The number of rotatable bonds is 5. The van der Waals surface area contributed by atoms with Crippen molar-refractivity contribution < 1.29 is 9.90 Å². The number of aliphatic hydroxyl groups excluding tert-OH is 1. The molecule has 0 aromatic carbocycles. The Morgan fingerprint density at radius 2 is 2.00 bits per heavy atom. The average molecular weight is 423 g/mol. The molecule has 2 aliphatic heterocycles. The Morgan fingerprint density at radius 3 is 2.74 bits per heavy atom. The summed E-state index contributed by atoms with van der Waals surface area (Å²) in [6.07, 6.45) is 9.16. The van der Waals surface area contributed by atoms with E-state index in [1.54, 1.807) is 22.9 Å². The van der Waals surface area contributed by atoms with Gasteiger partial charge in [0.15, 0.2) is 0 Å². The highest BCUT2D eigenvalue weighted by Gasteiger charge is 2.55. The Balaban J connectivity index is 1.52. The molecule has 0 spiro atoms. The third kappa shape index (κ3) is 3.70. The van der Waals surface area contributed by atoms with Gasteiger partial charge in [0, 0.05) is 61.9 Å². The molecule has 1 aliphatic carbocycles. The number of carbonyl (C=O) groups excluding carboxylic acids is 1. The molecule has 2 bridgehead atoms. The molecule has 0 unspecified atom stereocenters. The molecule has 1 saturated carbocycles. The normalized spacial score (nSPS) is 28.3. The molecule has 164 valence electrons. The van der Waals surface area contributed by atoms with Crippen LogP contribution in [0.3, 0.4) is 0 Å². The van der Waals surface area contributed by atoms with Gasteiger partial charge in [0.1, 0.15) is 0 Å². The van der Waals surface area contributed by atoms with E-state index in [9.17, 15) is 14.7 Å². The van der Waals surface area contributed by atoms with Gasteiger partial charge in [0.25, 0.3) is 5.56 Å². The van der Waals surface area contributed by atoms with Gasteiger partial charge in [-0.05, 0) is 30.5 Å². The highest BCUT2D eigenvalue weighted by Crippen LogP contribution is 2.48. The molecule has 3 aliphatic rings. The van der Waals surface area contributed by atoms with Gasteiger partial charge >= 0.3 is 0 Å². The van der Waals surface area contributed by atoms with Crippen LogP contribution in [-0.2, 0) is 17.9 Å². The summed E-state index contributed by atoms with van der Waals surface area (Å²) in [5.74, 6) is -0.590. The Labute approximate surface area is 182 Å². The minimum Gasteiger partial charge on any atom is -0.396 e. The van der Waals surface area contributed by atoms with E-state index < -0.39 is 0 Å². The Bertz CT molecular complexity index is 986. The third-order valence-electron chi connectivity index (χ3n) is 7.39. The van der Waals surface area contributed by atoms with Crippen LogP contribution in [0.15, 0.2) is 47.5 Å². The number of hydrogen-bond donors (Lipinski definition) is 2. The predicted molar refractivity (Wildman–Crippen MR) is 116 cm³/mol. The Hall–Kier alpha value is -2.51. The van der Waals surface area contributed by atoms with Crippen LogP contribution in [0.4, 0.5) is 0 Å². The maximum absolute atomic E-state index is 13.6. The molecule has 7 heteroatoms. The van der Waals surface area contributed by atoms with Gasteiger partial charge in [0.05, 0.1) is 12.0 Å². The van der Waals surface area contributed by atoms with Crippen LogP contribution in [0, 0.1) is 11.8 Å². The maximum atomic E-state index is 13.6. The highest BCUT2D eigenvalue weighted by atomic mass is 16.3. The first-order valence-corrected chi connectivity index (χ1v) is 11.4. The second kappa shape index (κ2) is 8.55. The van der Waals surface area contributed by atoms with E-state index in [0.29, 0.717) is 13.1 Å². The number of carbonyl (C=O) groups is 1. The summed E-state index contributed by atoms with van der Waals surface area (Å²) in [7, 11) is 0. The lowest BCUT2D eigenvalue weighted by Crippen LogP contribution is -2.46. The van der Waals surface area contributed by atoms with Crippen molar-refractivity contribution in [1.82, 2.24) is 19.8 Å².